The number of carbonyl (C=O) groups is 1. The molecule has 0 unspecified atom stereocenters. The van der Waals surface area contributed by atoms with Crippen molar-refractivity contribution in [2.24, 2.45) is 10.8 Å². The minimum atomic E-state index is -0.380. The minimum absolute atomic E-state index is 0.0575. The summed E-state index contributed by atoms with van der Waals surface area (Å²) in [6.45, 7) is 7.97. The van der Waals surface area contributed by atoms with Crippen LogP contribution in [0.1, 0.15) is 56.1 Å². The van der Waals surface area contributed by atoms with Gasteiger partial charge in [-0.25, -0.2) is 9.07 Å². The first-order valence-corrected chi connectivity index (χ1v) is 9.67. The SMILES string of the molecule is CC1(C)C[C@@H]2C[C@@](C)(CN2C(=O)c2cn(Cc3ccc(F)cc3Cl)nn2)C1. The average molecular weight is 391 g/mol. The lowest BCUT2D eigenvalue weighted by Crippen LogP contribution is -2.37. The third kappa shape index (κ3) is 3.59. The Kier molecular flexibility index (Phi) is 4.29. The number of rotatable bonds is 3. The predicted octanol–water partition coefficient (Wildman–Crippen LogP) is 4.16. The van der Waals surface area contributed by atoms with Crippen molar-refractivity contribution < 1.29 is 9.18 Å². The molecule has 2 aromatic rings. The molecule has 1 aromatic heterocycles. The molecule has 7 heteroatoms. The van der Waals surface area contributed by atoms with Crippen molar-refractivity contribution in [2.45, 2.75) is 52.6 Å². The highest BCUT2D eigenvalue weighted by atomic mass is 35.5. The van der Waals surface area contributed by atoms with Crippen molar-refractivity contribution >= 4 is 17.5 Å². The maximum atomic E-state index is 13.2. The van der Waals surface area contributed by atoms with Gasteiger partial charge < -0.3 is 4.90 Å². The van der Waals surface area contributed by atoms with Crippen molar-refractivity contribution in [1.82, 2.24) is 19.9 Å². The molecule has 0 spiro atoms. The van der Waals surface area contributed by atoms with Gasteiger partial charge in [0.15, 0.2) is 5.69 Å². The van der Waals surface area contributed by atoms with E-state index in [9.17, 15) is 9.18 Å². The fourth-order valence-electron chi connectivity index (χ4n) is 5.14. The van der Waals surface area contributed by atoms with Crippen molar-refractivity contribution in [2.75, 3.05) is 6.54 Å². The van der Waals surface area contributed by atoms with Crippen LogP contribution < -0.4 is 0 Å². The number of carbonyl (C=O) groups excluding carboxylic acids is 1. The molecule has 1 saturated carbocycles. The van der Waals surface area contributed by atoms with E-state index in [1.165, 1.54) is 12.1 Å². The van der Waals surface area contributed by atoms with Gasteiger partial charge in [0.1, 0.15) is 5.82 Å². The third-order valence-electron chi connectivity index (χ3n) is 5.78. The fourth-order valence-corrected chi connectivity index (χ4v) is 5.37. The van der Waals surface area contributed by atoms with Crippen molar-refractivity contribution in [3.8, 4) is 0 Å². The molecule has 0 radical (unpaired) electrons. The van der Waals surface area contributed by atoms with Crippen LogP contribution in [0, 0.1) is 16.6 Å². The van der Waals surface area contributed by atoms with Gasteiger partial charge in [0, 0.05) is 17.6 Å². The molecule has 2 bridgehead atoms. The summed E-state index contributed by atoms with van der Waals surface area (Å²) in [5, 5.41) is 8.48. The van der Waals surface area contributed by atoms with E-state index in [0.29, 0.717) is 17.3 Å². The molecule has 4 rings (SSSR count). The largest absolute Gasteiger partial charge is 0.334 e. The Morgan fingerprint density at radius 1 is 1.33 bits per heavy atom. The summed E-state index contributed by atoms with van der Waals surface area (Å²) in [5.74, 6) is -0.437. The van der Waals surface area contributed by atoms with Gasteiger partial charge in [0.05, 0.1) is 12.7 Å². The van der Waals surface area contributed by atoms with E-state index < -0.39 is 0 Å². The van der Waals surface area contributed by atoms with Gasteiger partial charge in [0.2, 0.25) is 0 Å². The Labute approximate surface area is 163 Å². The first kappa shape index (κ1) is 18.4. The Morgan fingerprint density at radius 3 is 2.85 bits per heavy atom. The van der Waals surface area contributed by atoms with Gasteiger partial charge >= 0.3 is 0 Å². The zero-order valence-corrected chi connectivity index (χ0v) is 16.6. The highest BCUT2D eigenvalue weighted by molar-refractivity contribution is 6.31. The van der Waals surface area contributed by atoms with Crippen LogP contribution >= 0.6 is 11.6 Å². The molecule has 27 heavy (non-hydrogen) atoms. The second kappa shape index (κ2) is 6.30. The van der Waals surface area contributed by atoms with Crippen LogP contribution in [-0.4, -0.2) is 38.4 Å². The van der Waals surface area contributed by atoms with E-state index in [1.807, 2.05) is 4.90 Å². The van der Waals surface area contributed by atoms with Gasteiger partial charge in [-0.3, -0.25) is 4.79 Å². The summed E-state index contributed by atoms with van der Waals surface area (Å²) in [7, 11) is 0. The van der Waals surface area contributed by atoms with Crippen LogP contribution in [0.15, 0.2) is 24.4 Å². The van der Waals surface area contributed by atoms with E-state index >= 15 is 0 Å². The molecule has 1 aliphatic carbocycles. The third-order valence-corrected chi connectivity index (χ3v) is 6.13. The molecule has 2 fully saturated rings. The molecule has 1 saturated heterocycles. The summed E-state index contributed by atoms with van der Waals surface area (Å²) < 4.78 is 14.8. The summed E-state index contributed by atoms with van der Waals surface area (Å²) in [6, 6.07) is 4.51. The smallest absolute Gasteiger partial charge is 0.276 e. The monoisotopic (exact) mass is 390 g/mol. The van der Waals surface area contributed by atoms with E-state index in [-0.39, 0.29) is 28.6 Å². The molecule has 2 atom stereocenters. The molecule has 144 valence electrons. The molecular weight excluding hydrogens is 367 g/mol. The maximum Gasteiger partial charge on any atom is 0.276 e. The summed E-state index contributed by atoms with van der Waals surface area (Å²) in [4.78, 5) is 15.0. The number of hydrogen-bond donors (Lipinski definition) is 0. The first-order valence-electron chi connectivity index (χ1n) is 9.29. The summed E-state index contributed by atoms with van der Waals surface area (Å²) in [6.07, 6.45) is 4.86. The number of likely N-dealkylation sites (tertiary alicyclic amines) is 1. The highest BCUT2D eigenvalue weighted by Crippen LogP contribution is 2.52. The number of benzene rings is 1. The Bertz CT molecular complexity index is 896. The van der Waals surface area contributed by atoms with Gasteiger partial charge in [-0.05, 0) is 47.8 Å². The molecule has 5 nitrogen and oxygen atoms in total. The molecule has 0 N–H and O–H groups in total. The molecular formula is C20H24ClFN4O. The van der Waals surface area contributed by atoms with Crippen LogP contribution in [0.25, 0.3) is 0 Å². The zero-order chi connectivity index (χ0) is 19.4. The van der Waals surface area contributed by atoms with Crippen LogP contribution in [0.5, 0.6) is 0 Å². The predicted molar refractivity (Wildman–Crippen MR) is 101 cm³/mol. The number of nitrogens with zero attached hydrogens (tertiary/aromatic N) is 4. The Morgan fingerprint density at radius 2 is 2.11 bits per heavy atom. The van der Waals surface area contributed by atoms with Crippen molar-refractivity contribution in [3.05, 3.63) is 46.5 Å². The van der Waals surface area contributed by atoms with Gasteiger partial charge in [-0.15, -0.1) is 5.10 Å². The quantitative estimate of drug-likeness (QED) is 0.790. The second-order valence-electron chi connectivity index (χ2n) is 9.18. The van der Waals surface area contributed by atoms with E-state index in [0.717, 1.165) is 31.4 Å². The molecule has 1 aliphatic heterocycles. The van der Waals surface area contributed by atoms with Crippen LogP contribution in [0.4, 0.5) is 4.39 Å². The standard InChI is InChI=1S/C20H24ClFN4O/c1-19(2)7-15-8-20(3,11-19)12-26(15)18(27)17-10-25(24-23-17)9-13-4-5-14(22)6-16(13)21/h4-6,10,15H,7-9,11-12H2,1-3H3/t15-,20-/m1/s1. The van der Waals surface area contributed by atoms with E-state index in [2.05, 4.69) is 31.1 Å². The lowest BCUT2D eigenvalue weighted by molar-refractivity contribution is 0.0702. The topological polar surface area (TPSA) is 51.0 Å². The van der Waals surface area contributed by atoms with Crippen molar-refractivity contribution in [3.63, 3.8) is 0 Å². The highest BCUT2D eigenvalue weighted by Gasteiger charge is 2.51. The van der Waals surface area contributed by atoms with Crippen LogP contribution in [-0.2, 0) is 6.54 Å². The van der Waals surface area contributed by atoms with E-state index in [4.69, 9.17) is 11.6 Å². The van der Waals surface area contributed by atoms with Gasteiger partial charge in [0.25, 0.3) is 5.91 Å². The fraction of sp³-hybridized carbons (Fsp3) is 0.550. The number of hydrogen-bond acceptors (Lipinski definition) is 3. The lowest BCUT2D eigenvalue weighted by atomic mass is 9.65. The normalized spacial score (nSPS) is 26.4. The van der Waals surface area contributed by atoms with E-state index in [1.54, 1.807) is 16.9 Å². The second-order valence-corrected chi connectivity index (χ2v) is 9.59. The van der Waals surface area contributed by atoms with Crippen molar-refractivity contribution in [1.29, 1.82) is 0 Å². The number of aromatic nitrogens is 3. The number of halogens is 2. The number of fused-ring (bicyclic) bond motifs is 2. The minimum Gasteiger partial charge on any atom is -0.334 e. The van der Waals surface area contributed by atoms with Gasteiger partial charge in [-0.2, -0.15) is 0 Å². The maximum absolute atomic E-state index is 13.2. The van der Waals surface area contributed by atoms with Gasteiger partial charge in [-0.1, -0.05) is 43.7 Å². The number of amides is 1. The summed E-state index contributed by atoms with van der Waals surface area (Å²) >= 11 is 6.08. The lowest BCUT2D eigenvalue weighted by Gasteiger charge is -2.39. The molecule has 2 aliphatic rings. The molecule has 2 heterocycles. The Hall–Kier alpha value is -1.95. The molecule has 1 aromatic carbocycles. The molecule has 1 amide bonds. The van der Waals surface area contributed by atoms with Crippen LogP contribution in [0.2, 0.25) is 5.02 Å². The summed E-state index contributed by atoms with van der Waals surface area (Å²) in [5.41, 5.74) is 1.51. The zero-order valence-electron chi connectivity index (χ0n) is 15.9. The Balaban J connectivity index is 1.51. The van der Waals surface area contributed by atoms with Crippen LogP contribution in [0.3, 0.4) is 0 Å². The first-order chi connectivity index (χ1) is 12.6. The average Bonchev–Trinajstić information content (AvgIpc) is 3.10.